The van der Waals surface area contributed by atoms with Crippen LogP contribution in [-0.2, 0) is 35.5 Å². The van der Waals surface area contributed by atoms with E-state index >= 15 is 0 Å². The van der Waals surface area contributed by atoms with Crippen LogP contribution >= 0.6 is 23.1 Å². The molecule has 39 heavy (non-hydrogen) atoms. The van der Waals surface area contributed by atoms with Crippen molar-refractivity contribution in [3.05, 3.63) is 64.3 Å². The molecule has 0 saturated carbocycles. The first-order valence-corrected chi connectivity index (χ1v) is 15.2. The average molecular weight is 569 g/mol. The van der Waals surface area contributed by atoms with Gasteiger partial charge in [0.25, 0.3) is 0 Å². The summed E-state index contributed by atoms with van der Waals surface area (Å²) in [5, 5.41) is 12.7. The van der Waals surface area contributed by atoms with E-state index < -0.39 is 0 Å². The molecule has 0 saturated heterocycles. The van der Waals surface area contributed by atoms with Crippen LogP contribution in [0, 0.1) is 0 Å². The number of thioether (sulfide) groups is 1. The number of thiophene rings is 1. The predicted octanol–water partition coefficient (Wildman–Crippen LogP) is 6.40. The van der Waals surface area contributed by atoms with Crippen molar-refractivity contribution >= 4 is 40.0 Å². The van der Waals surface area contributed by atoms with Crippen molar-refractivity contribution in [2.75, 3.05) is 17.7 Å². The van der Waals surface area contributed by atoms with Crippen molar-refractivity contribution in [2.24, 2.45) is 0 Å². The standard InChI is InChI=1S/C29H36N4O4S2/c1-5-16-33-24(17-37-21-14-12-20(13-15-21)19(3)4)31-32-29(33)38-18-25(34)30-27-26(28(35)36-6-2)22-10-8-7-9-11-23(22)39-27/h5,12-15,19H,1,6-11,16-18H2,2-4H3,(H,30,34). The number of nitrogens with one attached hydrogen (secondary N) is 1. The van der Waals surface area contributed by atoms with Crippen LogP contribution in [0.15, 0.2) is 42.1 Å². The number of benzene rings is 1. The third kappa shape index (κ3) is 7.30. The summed E-state index contributed by atoms with van der Waals surface area (Å²) in [7, 11) is 0. The van der Waals surface area contributed by atoms with Gasteiger partial charge in [-0.15, -0.1) is 28.1 Å². The highest BCUT2D eigenvalue weighted by atomic mass is 32.2. The van der Waals surface area contributed by atoms with Gasteiger partial charge in [-0.05, 0) is 61.8 Å². The zero-order valence-corrected chi connectivity index (χ0v) is 24.5. The predicted molar refractivity (Wildman–Crippen MR) is 156 cm³/mol. The van der Waals surface area contributed by atoms with Crippen LogP contribution in [0.2, 0.25) is 0 Å². The van der Waals surface area contributed by atoms with Crippen LogP contribution in [0.4, 0.5) is 5.00 Å². The largest absolute Gasteiger partial charge is 0.486 e. The number of carbonyl (C=O) groups excluding carboxylic acids is 2. The number of ether oxygens (including phenoxy) is 2. The second kappa shape index (κ2) is 13.8. The molecule has 1 aliphatic rings. The molecule has 8 nitrogen and oxygen atoms in total. The highest BCUT2D eigenvalue weighted by molar-refractivity contribution is 7.99. The zero-order chi connectivity index (χ0) is 27.8. The molecule has 0 unspecified atom stereocenters. The van der Waals surface area contributed by atoms with E-state index in [2.05, 4.69) is 48.1 Å². The molecule has 208 valence electrons. The number of aromatic nitrogens is 3. The molecule has 2 heterocycles. The van der Waals surface area contributed by atoms with Gasteiger partial charge in [-0.1, -0.05) is 50.2 Å². The minimum atomic E-state index is -0.367. The molecule has 0 bridgehead atoms. The SMILES string of the molecule is C=CCn1c(COc2ccc(C(C)C)cc2)nnc1SCC(=O)Nc1sc2c(c1C(=O)OCC)CCCCC2. The van der Waals surface area contributed by atoms with Crippen LogP contribution in [0.5, 0.6) is 5.75 Å². The number of anilines is 1. The number of hydrogen-bond donors (Lipinski definition) is 1. The number of allylic oxidation sites excluding steroid dienone is 1. The summed E-state index contributed by atoms with van der Waals surface area (Å²) < 4.78 is 13.2. The number of esters is 1. The maximum Gasteiger partial charge on any atom is 0.341 e. The maximum atomic E-state index is 13.0. The summed E-state index contributed by atoms with van der Waals surface area (Å²) in [5.41, 5.74) is 2.81. The Hall–Kier alpha value is -3.11. The third-order valence-electron chi connectivity index (χ3n) is 6.51. The van der Waals surface area contributed by atoms with Crippen LogP contribution in [0.25, 0.3) is 0 Å². The maximum absolute atomic E-state index is 13.0. The van der Waals surface area contributed by atoms with Crippen LogP contribution in [0.1, 0.15) is 78.1 Å². The molecule has 10 heteroatoms. The zero-order valence-electron chi connectivity index (χ0n) is 22.8. The van der Waals surface area contributed by atoms with Gasteiger partial charge in [0.2, 0.25) is 5.91 Å². The molecule has 0 atom stereocenters. The van der Waals surface area contributed by atoms with Crippen molar-refractivity contribution in [3.8, 4) is 5.75 Å². The molecule has 1 aliphatic carbocycles. The molecule has 1 amide bonds. The van der Waals surface area contributed by atoms with E-state index in [9.17, 15) is 9.59 Å². The highest BCUT2D eigenvalue weighted by Crippen LogP contribution is 2.38. The fraction of sp³-hybridized carbons (Fsp3) is 0.448. The number of carbonyl (C=O) groups is 2. The number of nitrogens with zero attached hydrogens (tertiary/aromatic N) is 3. The average Bonchev–Trinajstić information content (AvgIpc) is 3.38. The van der Waals surface area contributed by atoms with E-state index in [4.69, 9.17) is 9.47 Å². The van der Waals surface area contributed by atoms with Gasteiger partial charge in [0.15, 0.2) is 11.0 Å². The van der Waals surface area contributed by atoms with E-state index in [1.807, 2.05) is 16.7 Å². The summed E-state index contributed by atoms with van der Waals surface area (Å²) in [6.45, 7) is 11.0. The molecular weight excluding hydrogens is 532 g/mol. The van der Waals surface area contributed by atoms with Gasteiger partial charge < -0.3 is 14.8 Å². The lowest BCUT2D eigenvalue weighted by atomic mass is 10.0. The summed E-state index contributed by atoms with van der Waals surface area (Å²) in [4.78, 5) is 26.9. The van der Waals surface area contributed by atoms with Crippen molar-refractivity contribution in [2.45, 2.75) is 77.1 Å². The van der Waals surface area contributed by atoms with Crippen molar-refractivity contribution in [3.63, 3.8) is 0 Å². The Morgan fingerprint density at radius 2 is 1.95 bits per heavy atom. The first-order chi connectivity index (χ1) is 18.9. The topological polar surface area (TPSA) is 95.3 Å². The Morgan fingerprint density at radius 1 is 1.18 bits per heavy atom. The van der Waals surface area contributed by atoms with E-state index in [1.165, 1.54) is 33.5 Å². The van der Waals surface area contributed by atoms with Crippen molar-refractivity contribution in [1.82, 2.24) is 14.8 Å². The summed E-state index contributed by atoms with van der Waals surface area (Å²) in [5.74, 6) is 1.41. The highest BCUT2D eigenvalue weighted by Gasteiger charge is 2.27. The Kier molecular flexibility index (Phi) is 10.2. The van der Waals surface area contributed by atoms with Gasteiger partial charge in [0.1, 0.15) is 17.4 Å². The Balaban J connectivity index is 1.41. The Labute approximate surface area is 238 Å². The second-order valence-corrected chi connectivity index (χ2v) is 11.7. The fourth-order valence-corrected chi connectivity index (χ4v) is 6.54. The monoisotopic (exact) mass is 568 g/mol. The first kappa shape index (κ1) is 28.9. The van der Waals surface area contributed by atoms with Crippen LogP contribution < -0.4 is 10.1 Å². The number of hydrogen-bond acceptors (Lipinski definition) is 8. The van der Waals surface area contributed by atoms with Gasteiger partial charge in [-0.3, -0.25) is 9.36 Å². The lowest BCUT2D eigenvalue weighted by Crippen LogP contribution is -2.17. The van der Waals surface area contributed by atoms with E-state index in [0.717, 1.165) is 43.4 Å². The molecule has 3 aromatic rings. The minimum Gasteiger partial charge on any atom is -0.486 e. The molecule has 4 rings (SSSR count). The lowest BCUT2D eigenvalue weighted by molar-refractivity contribution is -0.113. The molecule has 0 radical (unpaired) electrons. The number of rotatable bonds is 12. The van der Waals surface area contributed by atoms with Crippen molar-refractivity contribution < 1.29 is 19.1 Å². The molecular formula is C29H36N4O4S2. The number of fused-ring (bicyclic) bond motifs is 1. The van der Waals surface area contributed by atoms with E-state index in [-0.39, 0.29) is 24.2 Å². The first-order valence-electron chi connectivity index (χ1n) is 13.4. The summed E-state index contributed by atoms with van der Waals surface area (Å²) in [6.07, 6.45) is 6.79. The van der Waals surface area contributed by atoms with Crippen LogP contribution in [-0.4, -0.2) is 39.0 Å². The third-order valence-corrected chi connectivity index (χ3v) is 8.68. The van der Waals surface area contributed by atoms with E-state index in [1.54, 1.807) is 13.0 Å². The second-order valence-electron chi connectivity index (χ2n) is 9.64. The molecule has 1 N–H and O–H groups in total. The quantitative estimate of drug-likeness (QED) is 0.117. The van der Waals surface area contributed by atoms with Crippen molar-refractivity contribution in [1.29, 1.82) is 0 Å². The van der Waals surface area contributed by atoms with Gasteiger partial charge in [0, 0.05) is 11.4 Å². The molecule has 0 aliphatic heterocycles. The van der Waals surface area contributed by atoms with Crippen LogP contribution in [0.3, 0.4) is 0 Å². The molecule has 0 fully saturated rings. The van der Waals surface area contributed by atoms with Gasteiger partial charge in [0.05, 0.1) is 17.9 Å². The van der Waals surface area contributed by atoms with E-state index in [0.29, 0.717) is 40.6 Å². The minimum absolute atomic E-state index is 0.123. The number of aryl methyl sites for hydroxylation is 1. The fourth-order valence-electron chi connectivity index (χ4n) is 4.48. The Bertz CT molecular complexity index is 1300. The normalized spacial score (nSPS) is 13.0. The Morgan fingerprint density at radius 3 is 2.67 bits per heavy atom. The lowest BCUT2D eigenvalue weighted by Gasteiger charge is -2.11. The molecule has 1 aromatic carbocycles. The molecule has 2 aromatic heterocycles. The number of amides is 1. The van der Waals surface area contributed by atoms with Gasteiger partial charge in [-0.25, -0.2) is 4.79 Å². The summed E-state index contributed by atoms with van der Waals surface area (Å²) in [6, 6.07) is 8.04. The summed E-state index contributed by atoms with van der Waals surface area (Å²) >= 11 is 2.78. The van der Waals surface area contributed by atoms with Gasteiger partial charge in [-0.2, -0.15) is 0 Å². The van der Waals surface area contributed by atoms with Gasteiger partial charge >= 0.3 is 5.97 Å². The molecule has 0 spiro atoms. The smallest absolute Gasteiger partial charge is 0.341 e.